The summed E-state index contributed by atoms with van der Waals surface area (Å²) in [6.45, 7) is 7.35. The van der Waals surface area contributed by atoms with E-state index in [-0.39, 0.29) is 5.41 Å². The van der Waals surface area contributed by atoms with Crippen molar-refractivity contribution in [1.82, 2.24) is 4.90 Å². The van der Waals surface area contributed by atoms with Crippen LogP contribution in [0.4, 0.5) is 0 Å². The van der Waals surface area contributed by atoms with E-state index in [1.165, 1.54) is 11.1 Å². The Morgan fingerprint density at radius 2 is 1.62 bits per heavy atom. The highest BCUT2D eigenvalue weighted by molar-refractivity contribution is 5.29. The Hall–Kier alpha value is -0.860. The Labute approximate surface area is 99.5 Å². The smallest absolute Gasteiger partial charge is 0.0464 e. The van der Waals surface area contributed by atoms with Crippen LogP contribution in [0.1, 0.15) is 37.9 Å². The van der Waals surface area contributed by atoms with Gasteiger partial charge in [-0.3, -0.25) is 0 Å². The minimum Gasteiger partial charge on any atom is -0.329 e. The van der Waals surface area contributed by atoms with Crippen molar-refractivity contribution in [3.63, 3.8) is 0 Å². The van der Waals surface area contributed by atoms with Crippen LogP contribution in [0.3, 0.4) is 0 Å². The Balaban J connectivity index is 2.94. The number of benzene rings is 1. The van der Waals surface area contributed by atoms with Crippen molar-refractivity contribution in [1.29, 1.82) is 0 Å². The molecule has 0 aliphatic carbocycles. The van der Waals surface area contributed by atoms with Gasteiger partial charge in [-0.05, 0) is 30.6 Å². The Kier molecular flexibility index (Phi) is 4.11. The van der Waals surface area contributed by atoms with Crippen molar-refractivity contribution in [3.8, 4) is 0 Å². The molecule has 0 saturated heterocycles. The molecule has 0 saturated carbocycles. The fourth-order valence-corrected chi connectivity index (χ4v) is 1.85. The second kappa shape index (κ2) is 4.98. The fraction of sp³-hybridized carbons (Fsp3) is 0.571. The van der Waals surface area contributed by atoms with Crippen molar-refractivity contribution < 1.29 is 0 Å². The first-order chi connectivity index (χ1) is 7.36. The van der Waals surface area contributed by atoms with Gasteiger partial charge in [0.15, 0.2) is 0 Å². The standard InChI is InChI=1S/C14H24N2/c1-14(2,3)12-8-6-11(7-9-12)13(10-15)16(4)5/h6-9,13H,10,15H2,1-5H3/t13-/m0/s1. The van der Waals surface area contributed by atoms with E-state index in [1.807, 2.05) is 0 Å². The van der Waals surface area contributed by atoms with Crippen LogP contribution in [0, 0.1) is 0 Å². The van der Waals surface area contributed by atoms with Gasteiger partial charge in [-0.15, -0.1) is 0 Å². The summed E-state index contributed by atoms with van der Waals surface area (Å²) in [5, 5.41) is 0. The third kappa shape index (κ3) is 3.06. The predicted molar refractivity (Wildman–Crippen MR) is 70.6 cm³/mol. The summed E-state index contributed by atoms with van der Waals surface area (Å²) in [6, 6.07) is 9.12. The first-order valence-corrected chi connectivity index (χ1v) is 5.83. The van der Waals surface area contributed by atoms with E-state index < -0.39 is 0 Å². The Bertz CT molecular complexity index is 320. The first-order valence-electron chi connectivity index (χ1n) is 5.83. The molecule has 1 aromatic carbocycles. The average molecular weight is 220 g/mol. The zero-order chi connectivity index (χ0) is 12.3. The molecule has 2 heteroatoms. The molecule has 0 aromatic heterocycles. The number of hydrogen-bond acceptors (Lipinski definition) is 2. The second-order valence-corrected chi connectivity index (χ2v) is 5.59. The molecular weight excluding hydrogens is 196 g/mol. The molecular formula is C14H24N2. The molecule has 0 aliphatic heterocycles. The summed E-state index contributed by atoms with van der Waals surface area (Å²) in [5.41, 5.74) is 8.66. The van der Waals surface area contributed by atoms with Crippen molar-refractivity contribution in [3.05, 3.63) is 35.4 Å². The number of likely N-dealkylation sites (N-methyl/N-ethyl adjacent to an activating group) is 1. The minimum absolute atomic E-state index is 0.217. The summed E-state index contributed by atoms with van der Waals surface area (Å²) in [4.78, 5) is 2.16. The van der Waals surface area contributed by atoms with Crippen LogP contribution in [0.25, 0.3) is 0 Å². The molecule has 2 N–H and O–H groups in total. The van der Waals surface area contributed by atoms with E-state index in [0.717, 1.165) is 0 Å². The van der Waals surface area contributed by atoms with Crippen LogP contribution < -0.4 is 5.73 Å². The third-order valence-electron chi connectivity index (χ3n) is 3.01. The molecule has 0 spiro atoms. The number of nitrogens with two attached hydrogens (primary N) is 1. The van der Waals surface area contributed by atoms with Crippen LogP contribution in [0.15, 0.2) is 24.3 Å². The highest BCUT2D eigenvalue weighted by atomic mass is 15.1. The Morgan fingerprint density at radius 1 is 1.12 bits per heavy atom. The van der Waals surface area contributed by atoms with Crippen LogP contribution in [-0.2, 0) is 5.41 Å². The van der Waals surface area contributed by atoms with E-state index in [2.05, 4.69) is 64.0 Å². The van der Waals surface area contributed by atoms with Gasteiger partial charge in [0.2, 0.25) is 0 Å². The second-order valence-electron chi connectivity index (χ2n) is 5.59. The van der Waals surface area contributed by atoms with Gasteiger partial charge in [-0.25, -0.2) is 0 Å². The molecule has 16 heavy (non-hydrogen) atoms. The first kappa shape index (κ1) is 13.2. The predicted octanol–water partition coefficient (Wildman–Crippen LogP) is 2.55. The van der Waals surface area contributed by atoms with Gasteiger partial charge < -0.3 is 10.6 Å². The SMILES string of the molecule is CN(C)[C@@H](CN)c1ccc(C(C)(C)C)cc1. The topological polar surface area (TPSA) is 29.3 Å². The van der Waals surface area contributed by atoms with Crippen molar-refractivity contribution in [2.75, 3.05) is 20.6 Å². The quantitative estimate of drug-likeness (QED) is 0.848. The number of nitrogens with zero attached hydrogens (tertiary/aromatic N) is 1. The maximum absolute atomic E-state index is 5.79. The van der Waals surface area contributed by atoms with Gasteiger partial charge in [0.25, 0.3) is 0 Å². The molecule has 0 fully saturated rings. The number of rotatable bonds is 3. The summed E-state index contributed by atoms with van der Waals surface area (Å²) in [5.74, 6) is 0. The normalized spacial score (nSPS) is 14.2. The van der Waals surface area contributed by atoms with Crippen molar-refractivity contribution in [2.45, 2.75) is 32.2 Å². The van der Waals surface area contributed by atoms with E-state index in [1.54, 1.807) is 0 Å². The van der Waals surface area contributed by atoms with Gasteiger partial charge in [0, 0.05) is 12.6 Å². The molecule has 1 atom stereocenters. The highest BCUT2D eigenvalue weighted by Gasteiger charge is 2.15. The van der Waals surface area contributed by atoms with Gasteiger partial charge in [-0.2, -0.15) is 0 Å². The van der Waals surface area contributed by atoms with Gasteiger partial charge in [0.05, 0.1) is 0 Å². The Morgan fingerprint density at radius 3 is 1.94 bits per heavy atom. The molecule has 0 radical (unpaired) electrons. The summed E-state index contributed by atoms with van der Waals surface area (Å²) in [6.07, 6.45) is 0. The van der Waals surface area contributed by atoms with Crippen molar-refractivity contribution in [2.24, 2.45) is 5.73 Å². The molecule has 0 heterocycles. The molecule has 0 unspecified atom stereocenters. The third-order valence-corrected chi connectivity index (χ3v) is 3.01. The van der Waals surface area contributed by atoms with Crippen LogP contribution in [-0.4, -0.2) is 25.5 Å². The maximum atomic E-state index is 5.79. The summed E-state index contributed by atoms with van der Waals surface area (Å²) >= 11 is 0. The molecule has 90 valence electrons. The summed E-state index contributed by atoms with van der Waals surface area (Å²) in [7, 11) is 4.13. The highest BCUT2D eigenvalue weighted by Crippen LogP contribution is 2.24. The zero-order valence-corrected chi connectivity index (χ0v) is 11.1. The lowest BCUT2D eigenvalue weighted by Crippen LogP contribution is -2.27. The average Bonchev–Trinajstić information content (AvgIpc) is 2.17. The molecule has 0 aliphatic rings. The van der Waals surface area contributed by atoms with Gasteiger partial charge in [-0.1, -0.05) is 45.0 Å². The fourth-order valence-electron chi connectivity index (χ4n) is 1.85. The largest absolute Gasteiger partial charge is 0.329 e. The summed E-state index contributed by atoms with van der Waals surface area (Å²) < 4.78 is 0. The van der Waals surface area contributed by atoms with Gasteiger partial charge >= 0.3 is 0 Å². The lowest BCUT2D eigenvalue weighted by molar-refractivity contribution is 0.306. The zero-order valence-electron chi connectivity index (χ0n) is 11.1. The number of hydrogen-bond donors (Lipinski definition) is 1. The van der Waals surface area contributed by atoms with Gasteiger partial charge in [0.1, 0.15) is 0 Å². The lowest BCUT2D eigenvalue weighted by Gasteiger charge is -2.25. The molecule has 0 bridgehead atoms. The lowest BCUT2D eigenvalue weighted by atomic mass is 9.86. The van der Waals surface area contributed by atoms with E-state index >= 15 is 0 Å². The van der Waals surface area contributed by atoms with Crippen molar-refractivity contribution >= 4 is 0 Å². The molecule has 1 aromatic rings. The van der Waals surface area contributed by atoms with Crippen LogP contribution >= 0.6 is 0 Å². The monoisotopic (exact) mass is 220 g/mol. The minimum atomic E-state index is 0.217. The van der Waals surface area contributed by atoms with E-state index in [9.17, 15) is 0 Å². The molecule has 0 amide bonds. The van der Waals surface area contributed by atoms with E-state index in [0.29, 0.717) is 12.6 Å². The molecule has 2 nitrogen and oxygen atoms in total. The van der Waals surface area contributed by atoms with Crippen LogP contribution in [0.2, 0.25) is 0 Å². The molecule has 1 rings (SSSR count). The van der Waals surface area contributed by atoms with Crippen LogP contribution in [0.5, 0.6) is 0 Å². The maximum Gasteiger partial charge on any atom is 0.0464 e. The van der Waals surface area contributed by atoms with E-state index in [4.69, 9.17) is 5.73 Å².